The summed E-state index contributed by atoms with van der Waals surface area (Å²) in [4.78, 5) is 11.8. The van der Waals surface area contributed by atoms with Crippen molar-refractivity contribution in [2.24, 2.45) is 0 Å². The number of aliphatic hydroxyl groups is 1. The van der Waals surface area contributed by atoms with Crippen molar-refractivity contribution in [3.63, 3.8) is 0 Å². The lowest BCUT2D eigenvalue weighted by Crippen LogP contribution is -2.21. The molecule has 13 heteroatoms. The Morgan fingerprint density at radius 3 is 2.74 bits per heavy atom. The zero-order valence-electron chi connectivity index (χ0n) is 15.4. The van der Waals surface area contributed by atoms with E-state index in [1.54, 1.807) is 6.07 Å². The molecule has 2 aromatic heterocycles. The molecule has 0 amide bonds. The van der Waals surface area contributed by atoms with Gasteiger partial charge >= 0.3 is 6.18 Å². The SMILES string of the molecule is [C-]#[N+]c1cnc2c(NC3CC3)nc(Nc3cc(C#N)cc(C(O)C(F)(F)F)c3Cl)nn12. The molecule has 4 rings (SSSR count). The molecule has 1 aliphatic rings. The van der Waals surface area contributed by atoms with E-state index in [4.69, 9.17) is 18.2 Å². The molecule has 1 aliphatic carbocycles. The van der Waals surface area contributed by atoms with E-state index < -0.39 is 22.9 Å². The molecule has 1 unspecified atom stereocenters. The summed E-state index contributed by atoms with van der Waals surface area (Å²) in [5, 5.41) is 28.4. The van der Waals surface area contributed by atoms with Crippen LogP contribution in [0.2, 0.25) is 5.02 Å². The summed E-state index contributed by atoms with van der Waals surface area (Å²) >= 11 is 6.11. The summed E-state index contributed by atoms with van der Waals surface area (Å²) in [7, 11) is 0. The fourth-order valence-corrected chi connectivity index (χ4v) is 3.07. The lowest BCUT2D eigenvalue weighted by molar-refractivity contribution is -0.206. The molecule has 1 fully saturated rings. The van der Waals surface area contributed by atoms with Crippen LogP contribution in [0.25, 0.3) is 10.5 Å². The Bertz CT molecular complexity index is 1260. The summed E-state index contributed by atoms with van der Waals surface area (Å²) in [5.74, 6) is 0.338. The molecule has 0 bridgehead atoms. The van der Waals surface area contributed by atoms with Gasteiger partial charge in [-0.25, -0.2) is 4.98 Å². The molecule has 1 saturated carbocycles. The summed E-state index contributed by atoms with van der Waals surface area (Å²) in [6.07, 6.45) is -4.67. The van der Waals surface area contributed by atoms with Gasteiger partial charge in [-0.1, -0.05) is 23.3 Å². The number of halogens is 4. The Kier molecular flexibility index (Phi) is 5.05. The predicted octanol–water partition coefficient (Wildman–Crippen LogP) is 4.11. The van der Waals surface area contributed by atoms with Crippen LogP contribution in [0.5, 0.6) is 0 Å². The van der Waals surface area contributed by atoms with E-state index in [-0.39, 0.29) is 29.1 Å². The van der Waals surface area contributed by atoms with Gasteiger partial charge in [-0.2, -0.15) is 23.4 Å². The fourth-order valence-electron chi connectivity index (χ4n) is 2.81. The minimum atomic E-state index is -4.98. The molecule has 3 N–H and O–H groups in total. The number of nitrogens with zero attached hydrogens (tertiary/aromatic N) is 6. The standard InChI is InChI=1S/C18H12ClF3N8O/c1-24-12-7-25-16-15(26-9-2-3-9)28-17(29-30(12)16)27-11-5-8(6-23)4-10(13(11)19)14(31)18(20,21)22/h4-5,7,9,14,31H,2-3H2,(H2,26,27,28,29). The third-order valence-corrected chi connectivity index (χ3v) is 4.88. The van der Waals surface area contributed by atoms with Crippen LogP contribution in [0.15, 0.2) is 18.3 Å². The van der Waals surface area contributed by atoms with Gasteiger partial charge in [0, 0.05) is 11.6 Å². The average molecular weight is 449 g/mol. The molecule has 1 atom stereocenters. The van der Waals surface area contributed by atoms with Crippen LogP contribution in [-0.4, -0.2) is 36.9 Å². The van der Waals surface area contributed by atoms with Gasteiger partial charge in [0.15, 0.2) is 11.9 Å². The van der Waals surface area contributed by atoms with Gasteiger partial charge in [-0.3, -0.25) is 0 Å². The number of benzene rings is 1. The highest BCUT2D eigenvalue weighted by Gasteiger charge is 2.41. The van der Waals surface area contributed by atoms with Crippen LogP contribution >= 0.6 is 11.6 Å². The summed E-state index contributed by atoms with van der Waals surface area (Å²) in [6, 6.07) is 4.00. The maximum absolute atomic E-state index is 13.0. The molecule has 1 aromatic carbocycles. The number of nitriles is 1. The van der Waals surface area contributed by atoms with Crippen molar-refractivity contribution >= 4 is 40.5 Å². The molecule has 31 heavy (non-hydrogen) atoms. The fraction of sp³-hybridized carbons (Fsp3) is 0.278. The van der Waals surface area contributed by atoms with Gasteiger partial charge in [-0.05, 0) is 25.0 Å². The van der Waals surface area contributed by atoms with Crippen molar-refractivity contribution in [2.75, 3.05) is 10.6 Å². The number of aromatic nitrogens is 4. The molecule has 158 valence electrons. The van der Waals surface area contributed by atoms with Gasteiger partial charge in [0.2, 0.25) is 0 Å². The molecule has 0 aliphatic heterocycles. The predicted molar refractivity (Wildman–Crippen MR) is 104 cm³/mol. The summed E-state index contributed by atoms with van der Waals surface area (Å²) in [6.45, 7) is 7.25. The van der Waals surface area contributed by atoms with Crippen molar-refractivity contribution in [3.05, 3.63) is 45.9 Å². The van der Waals surface area contributed by atoms with E-state index in [2.05, 4.69) is 30.5 Å². The van der Waals surface area contributed by atoms with Gasteiger partial charge in [0.05, 0.1) is 28.5 Å². The van der Waals surface area contributed by atoms with Crippen molar-refractivity contribution in [2.45, 2.75) is 31.2 Å². The Balaban J connectivity index is 1.80. The first kappa shape index (κ1) is 20.7. The largest absolute Gasteiger partial charge is 0.418 e. The molecule has 0 spiro atoms. The maximum atomic E-state index is 13.0. The molecule has 2 heterocycles. The Morgan fingerprint density at radius 1 is 1.39 bits per heavy atom. The van der Waals surface area contributed by atoms with Crippen LogP contribution in [0.1, 0.15) is 30.1 Å². The third kappa shape index (κ3) is 4.03. The zero-order valence-corrected chi connectivity index (χ0v) is 16.2. The molecule has 0 radical (unpaired) electrons. The Labute approximate surface area is 177 Å². The number of hydrogen-bond acceptors (Lipinski definition) is 7. The number of nitrogens with one attached hydrogen (secondary N) is 2. The van der Waals surface area contributed by atoms with Gasteiger partial charge < -0.3 is 20.6 Å². The van der Waals surface area contributed by atoms with E-state index in [1.165, 1.54) is 16.8 Å². The van der Waals surface area contributed by atoms with E-state index in [0.717, 1.165) is 18.9 Å². The number of imidazole rings is 1. The number of aliphatic hydroxyl groups excluding tert-OH is 1. The lowest BCUT2D eigenvalue weighted by atomic mass is 10.0. The first-order chi connectivity index (χ1) is 14.7. The van der Waals surface area contributed by atoms with Crippen molar-refractivity contribution in [1.29, 1.82) is 5.26 Å². The first-order valence-electron chi connectivity index (χ1n) is 8.86. The van der Waals surface area contributed by atoms with Crippen molar-refractivity contribution in [3.8, 4) is 6.07 Å². The van der Waals surface area contributed by atoms with Crippen LogP contribution in [-0.2, 0) is 0 Å². The number of hydrogen-bond donors (Lipinski definition) is 3. The van der Waals surface area contributed by atoms with E-state index in [1.807, 2.05) is 0 Å². The smallest absolute Gasteiger partial charge is 0.379 e. The highest BCUT2D eigenvalue weighted by atomic mass is 35.5. The average Bonchev–Trinajstić information content (AvgIpc) is 3.44. The van der Waals surface area contributed by atoms with Crippen LogP contribution in [0.4, 0.5) is 36.4 Å². The molecule has 3 aromatic rings. The molecular weight excluding hydrogens is 437 g/mol. The molecular formula is C18H12ClF3N8O. The lowest BCUT2D eigenvalue weighted by Gasteiger charge is -2.18. The second-order valence-corrected chi connectivity index (χ2v) is 7.15. The second-order valence-electron chi connectivity index (χ2n) is 6.77. The number of rotatable bonds is 5. The molecule has 0 saturated heterocycles. The number of alkyl halides is 3. The highest BCUT2D eigenvalue weighted by Crippen LogP contribution is 2.40. The quantitative estimate of drug-likeness (QED) is 0.503. The minimum Gasteiger partial charge on any atom is -0.379 e. The van der Waals surface area contributed by atoms with Gasteiger partial charge in [0.1, 0.15) is 0 Å². The van der Waals surface area contributed by atoms with Crippen molar-refractivity contribution < 1.29 is 18.3 Å². The monoisotopic (exact) mass is 448 g/mol. The van der Waals surface area contributed by atoms with Crippen LogP contribution in [0.3, 0.4) is 0 Å². The first-order valence-corrected chi connectivity index (χ1v) is 9.24. The maximum Gasteiger partial charge on any atom is 0.418 e. The van der Waals surface area contributed by atoms with Crippen LogP contribution in [0, 0.1) is 17.9 Å². The molecule has 9 nitrogen and oxygen atoms in total. The van der Waals surface area contributed by atoms with Gasteiger partial charge in [-0.15, -0.1) is 4.52 Å². The number of fused-ring (bicyclic) bond motifs is 1. The van der Waals surface area contributed by atoms with Gasteiger partial charge in [0.25, 0.3) is 17.4 Å². The normalized spacial score (nSPS) is 14.7. The van der Waals surface area contributed by atoms with E-state index >= 15 is 0 Å². The van der Waals surface area contributed by atoms with E-state index in [0.29, 0.717) is 11.5 Å². The number of anilines is 3. The van der Waals surface area contributed by atoms with Crippen LogP contribution < -0.4 is 10.6 Å². The highest BCUT2D eigenvalue weighted by molar-refractivity contribution is 6.34. The summed E-state index contributed by atoms with van der Waals surface area (Å²) < 4.78 is 40.3. The Hall–Kier alpha value is -3.61. The third-order valence-electron chi connectivity index (χ3n) is 4.46. The van der Waals surface area contributed by atoms with Crippen molar-refractivity contribution in [1.82, 2.24) is 19.6 Å². The zero-order chi connectivity index (χ0) is 22.3. The minimum absolute atomic E-state index is 0.0945. The topological polar surface area (TPSA) is 116 Å². The summed E-state index contributed by atoms with van der Waals surface area (Å²) in [5.41, 5.74) is -0.640. The Morgan fingerprint density at radius 2 is 2.13 bits per heavy atom. The second kappa shape index (κ2) is 7.58. The van der Waals surface area contributed by atoms with E-state index in [9.17, 15) is 23.5 Å².